The molecule has 2 aromatic rings. The summed E-state index contributed by atoms with van der Waals surface area (Å²) in [5, 5.41) is 3.24. The van der Waals surface area contributed by atoms with Crippen LogP contribution < -0.4 is 14.8 Å². The number of carbonyl (C=O) groups is 1. The summed E-state index contributed by atoms with van der Waals surface area (Å²) < 4.78 is 34.1. The number of benzene rings is 2. The fourth-order valence-electron chi connectivity index (χ4n) is 3.76. The lowest BCUT2D eigenvalue weighted by atomic mass is 9.95. The molecule has 0 spiro atoms. The summed E-state index contributed by atoms with van der Waals surface area (Å²) in [6, 6.07) is 12.8. The average molecular weight is 465 g/mol. The maximum atomic E-state index is 13.1. The number of ether oxygens (including phenoxy) is 1. The van der Waals surface area contributed by atoms with Gasteiger partial charge in [0.25, 0.3) is 0 Å². The molecule has 1 amide bonds. The Morgan fingerprint density at radius 1 is 1.13 bits per heavy atom. The van der Waals surface area contributed by atoms with Gasteiger partial charge in [-0.15, -0.1) is 0 Å². The molecule has 3 rings (SSSR count). The minimum Gasteiger partial charge on any atom is -0.492 e. The van der Waals surface area contributed by atoms with Crippen LogP contribution in [0.4, 0.5) is 0 Å². The predicted octanol–water partition coefficient (Wildman–Crippen LogP) is 4.08. The number of nitrogens with one attached hydrogen (secondary N) is 2. The van der Waals surface area contributed by atoms with Crippen molar-refractivity contribution < 1.29 is 17.9 Å². The lowest BCUT2D eigenvalue weighted by Crippen LogP contribution is -2.50. The van der Waals surface area contributed by atoms with E-state index in [0.717, 1.165) is 31.2 Å². The first-order chi connectivity index (χ1) is 14.9. The highest BCUT2D eigenvalue weighted by atomic mass is 35.5. The van der Waals surface area contributed by atoms with Crippen molar-refractivity contribution in [2.24, 2.45) is 0 Å². The fourth-order valence-corrected chi connectivity index (χ4v) is 5.28. The van der Waals surface area contributed by atoms with Crippen LogP contribution in [0.15, 0.2) is 53.4 Å². The van der Waals surface area contributed by atoms with Gasteiger partial charge in [0.05, 0.1) is 16.5 Å². The molecule has 0 heterocycles. The average Bonchev–Trinajstić information content (AvgIpc) is 2.76. The molecule has 2 aromatic carbocycles. The minimum absolute atomic E-state index is 0.00974. The summed E-state index contributed by atoms with van der Waals surface area (Å²) in [7, 11) is -3.97. The topological polar surface area (TPSA) is 84.5 Å². The van der Waals surface area contributed by atoms with Crippen molar-refractivity contribution in [1.82, 2.24) is 10.0 Å². The fraction of sp³-hybridized carbons (Fsp3) is 0.435. The van der Waals surface area contributed by atoms with E-state index in [9.17, 15) is 13.2 Å². The van der Waals surface area contributed by atoms with Gasteiger partial charge in [-0.1, -0.05) is 61.2 Å². The Balaban J connectivity index is 1.80. The smallest absolute Gasteiger partial charge is 0.241 e. The highest BCUT2D eigenvalue weighted by molar-refractivity contribution is 7.89. The number of rotatable bonds is 9. The van der Waals surface area contributed by atoms with E-state index < -0.39 is 16.1 Å². The lowest BCUT2D eigenvalue weighted by molar-refractivity contribution is -0.123. The van der Waals surface area contributed by atoms with E-state index in [4.69, 9.17) is 16.3 Å². The van der Waals surface area contributed by atoms with Gasteiger partial charge in [0.2, 0.25) is 15.9 Å². The molecule has 31 heavy (non-hydrogen) atoms. The van der Waals surface area contributed by atoms with Crippen LogP contribution in [-0.4, -0.2) is 33.0 Å². The summed E-state index contributed by atoms with van der Waals surface area (Å²) >= 11 is 6.18. The van der Waals surface area contributed by atoms with Gasteiger partial charge in [-0.05, 0) is 49.9 Å². The van der Waals surface area contributed by atoms with Crippen LogP contribution in [-0.2, 0) is 21.2 Å². The summed E-state index contributed by atoms with van der Waals surface area (Å²) in [5.74, 6) is 0.107. The van der Waals surface area contributed by atoms with Crippen LogP contribution in [0.25, 0.3) is 0 Å². The van der Waals surface area contributed by atoms with Crippen LogP contribution in [0.1, 0.15) is 44.6 Å². The SMILES string of the molecule is CCOc1ccc(S(=O)(=O)N[C@@H](Cc2ccccc2)C(=O)NC2CCCCC2)cc1Cl. The maximum absolute atomic E-state index is 13.1. The van der Waals surface area contributed by atoms with Gasteiger partial charge >= 0.3 is 0 Å². The van der Waals surface area contributed by atoms with E-state index in [-0.39, 0.29) is 28.3 Å². The third-order valence-electron chi connectivity index (χ3n) is 5.36. The number of hydrogen-bond acceptors (Lipinski definition) is 4. The first-order valence-electron chi connectivity index (χ1n) is 10.7. The third-order valence-corrected chi connectivity index (χ3v) is 7.13. The standard InChI is InChI=1S/C23H29ClN2O4S/c1-2-30-22-14-13-19(16-20(22)24)31(28,29)26-21(15-17-9-5-3-6-10-17)23(27)25-18-11-7-4-8-12-18/h3,5-6,9-10,13-14,16,18,21,26H,2,4,7-8,11-12,15H2,1H3,(H,25,27)/t21-/m0/s1. The molecule has 1 saturated carbocycles. The summed E-state index contributed by atoms with van der Waals surface area (Å²) in [6.07, 6.45) is 5.42. The second kappa shape index (κ2) is 11.0. The highest BCUT2D eigenvalue weighted by Crippen LogP contribution is 2.27. The normalized spacial score (nSPS) is 15.9. The Labute approximate surface area is 189 Å². The van der Waals surface area contributed by atoms with Gasteiger partial charge in [0, 0.05) is 6.04 Å². The Hall–Kier alpha value is -2.09. The second-order valence-electron chi connectivity index (χ2n) is 7.73. The van der Waals surface area contributed by atoms with Gasteiger partial charge in [-0.25, -0.2) is 8.42 Å². The van der Waals surface area contributed by atoms with Crippen molar-refractivity contribution in [2.45, 2.75) is 62.4 Å². The summed E-state index contributed by atoms with van der Waals surface area (Å²) in [6.45, 7) is 2.24. The van der Waals surface area contributed by atoms with E-state index in [0.29, 0.717) is 12.4 Å². The first kappa shape index (κ1) is 23.6. The predicted molar refractivity (Wildman–Crippen MR) is 122 cm³/mol. The molecule has 8 heteroatoms. The first-order valence-corrected chi connectivity index (χ1v) is 12.5. The van der Waals surface area contributed by atoms with Crippen LogP contribution >= 0.6 is 11.6 Å². The molecular formula is C23H29ClN2O4S. The van der Waals surface area contributed by atoms with E-state index in [1.807, 2.05) is 37.3 Å². The Morgan fingerprint density at radius 2 is 1.84 bits per heavy atom. The third kappa shape index (κ3) is 6.69. The van der Waals surface area contributed by atoms with Gasteiger partial charge in [0.15, 0.2) is 0 Å². The molecule has 6 nitrogen and oxygen atoms in total. The van der Waals surface area contributed by atoms with Crippen molar-refractivity contribution in [1.29, 1.82) is 0 Å². The zero-order valence-electron chi connectivity index (χ0n) is 17.6. The van der Waals surface area contributed by atoms with E-state index in [2.05, 4.69) is 10.0 Å². The molecule has 1 atom stereocenters. The van der Waals surface area contributed by atoms with Crippen molar-refractivity contribution in [2.75, 3.05) is 6.61 Å². The zero-order valence-corrected chi connectivity index (χ0v) is 19.2. The minimum atomic E-state index is -3.97. The molecule has 2 N–H and O–H groups in total. The zero-order chi connectivity index (χ0) is 22.3. The van der Waals surface area contributed by atoms with Crippen molar-refractivity contribution in [3.05, 3.63) is 59.1 Å². The van der Waals surface area contributed by atoms with Gasteiger partial charge < -0.3 is 10.1 Å². The highest BCUT2D eigenvalue weighted by Gasteiger charge is 2.28. The molecular weight excluding hydrogens is 436 g/mol. The molecule has 1 aliphatic rings. The van der Waals surface area contributed by atoms with E-state index in [1.165, 1.54) is 24.6 Å². The molecule has 0 unspecified atom stereocenters. The quantitative estimate of drug-likeness (QED) is 0.585. The molecule has 1 aliphatic carbocycles. The van der Waals surface area contributed by atoms with Crippen molar-refractivity contribution >= 4 is 27.5 Å². The van der Waals surface area contributed by atoms with Crippen LogP contribution in [0.5, 0.6) is 5.75 Å². The molecule has 0 saturated heterocycles. The van der Waals surface area contributed by atoms with Gasteiger partial charge in [-0.2, -0.15) is 4.72 Å². The molecule has 168 valence electrons. The van der Waals surface area contributed by atoms with Gasteiger partial charge in [-0.3, -0.25) is 4.79 Å². The number of carbonyl (C=O) groups excluding carboxylic acids is 1. The van der Waals surface area contributed by atoms with Crippen molar-refractivity contribution in [3.8, 4) is 5.75 Å². The monoisotopic (exact) mass is 464 g/mol. The molecule has 1 fully saturated rings. The Morgan fingerprint density at radius 3 is 2.48 bits per heavy atom. The molecule has 0 bridgehead atoms. The molecule has 0 radical (unpaired) electrons. The number of halogens is 1. The Bertz CT molecular complexity index is 976. The largest absolute Gasteiger partial charge is 0.492 e. The molecule has 0 aromatic heterocycles. The maximum Gasteiger partial charge on any atom is 0.241 e. The number of amides is 1. The van der Waals surface area contributed by atoms with Gasteiger partial charge in [0.1, 0.15) is 11.8 Å². The van der Waals surface area contributed by atoms with E-state index >= 15 is 0 Å². The number of hydrogen-bond donors (Lipinski definition) is 2. The lowest BCUT2D eigenvalue weighted by Gasteiger charge is -2.26. The van der Waals surface area contributed by atoms with Crippen LogP contribution in [0.2, 0.25) is 5.02 Å². The summed E-state index contributed by atoms with van der Waals surface area (Å²) in [4.78, 5) is 13.0. The second-order valence-corrected chi connectivity index (χ2v) is 9.85. The Kier molecular flexibility index (Phi) is 8.35. The number of sulfonamides is 1. The van der Waals surface area contributed by atoms with Crippen LogP contribution in [0.3, 0.4) is 0 Å². The summed E-state index contributed by atoms with van der Waals surface area (Å²) in [5.41, 5.74) is 0.874. The van der Waals surface area contributed by atoms with Crippen molar-refractivity contribution in [3.63, 3.8) is 0 Å². The molecule has 0 aliphatic heterocycles. The van der Waals surface area contributed by atoms with E-state index in [1.54, 1.807) is 0 Å². The van der Waals surface area contributed by atoms with Crippen LogP contribution in [0, 0.1) is 0 Å².